The highest BCUT2D eigenvalue weighted by Crippen LogP contribution is 2.14. The third-order valence-corrected chi connectivity index (χ3v) is 2.33. The van der Waals surface area contributed by atoms with Crippen molar-refractivity contribution in [2.24, 2.45) is 11.7 Å². The molecule has 1 rings (SSSR count). The first-order valence-corrected chi connectivity index (χ1v) is 4.31. The number of hydrogen-bond donors (Lipinski definition) is 2. The van der Waals surface area contributed by atoms with Gasteiger partial charge in [0.15, 0.2) is 0 Å². The van der Waals surface area contributed by atoms with Crippen molar-refractivity contribution < 1.29 is 0 Å². The van der Waals surface area contributed by atoms with E-state index in [2.05, 4.69) is 12.2 Å². The molecular formula is C8H20Cl2N2. The third-order valence-electron chi connectivity index (χ3n) is 2.33. The monoisotopic (exact) mass is 214 g/mol. The maximum Gasteiger partial charge on any atom is 0.00913 e. The lowest BCUT2D eigenvalue weighted by Crippen LogP contribution is -2.44. The summed E-state index contributed by atoms with van der Waals surface area (Å²) in [6.45, 7) is 4.47. The number of hydrogen-bond acceptors (Lipinski definition) is 2. The van der Waals surface area contributed by atoms with Crippen LogP contribution in [-0.2, 0) is 0 Å². The Morgan fingerprint density at radius 3 is 2.58 bits per heavy atom. The molecule has 0 spiro atoms. The van der Waals surface area contributed by atoms with E-state index in [9.17, 15) is 0 Å². The molecule has 4 heteroatoms. The first-order valence-electron chi connectivity index (χ1n) is 4.31. The summed E-state index contributed by atoms with van der Waals surface area (Å²) in [5, 5.41) is 3.37. The molecule has 1 fully saturated rings. The SMILES string of the molecule is CCCC1CNCCC1N.Cl.Cl. The molecule has 0 radical (unpaired) electrons. The van der Waals surface area contributed by atoms with E-state index < -0.39 is 0 Å². The van der Waals surface area contributed by atoms with Gasteiger partial charge in [0.05, 0.1) is 0 Å². The molecule has 2 nitrogen and oxygen atoms in total. The second-order valence-corrected chi connectivity index (χ2v) is 3.21. The molecule has 1 aliphatic heterocycles. The van der Waals surface area contributed by atoms with Crippen molar-refractivity contribution in [3.63, 3.8) is 0 Å². The highest BCUT2D eigenvalue weighted by Gasteiger charge is 2.19. The van der Waals surface area contributed by atoms with Gasteiger partial charge in [0, 0.05) is 6.04 Å². The topological polar surface area (TPSA) is 38.0 Å². The summed E-state index contributed by atoms with van der Waals surface area (Å²) < 4.78 is 0. The highest BCUT2D eigenvalue weighted by atomic mass is 35.5. The van der Waals surface area contributed by atoms with E-state index in [1.165, 1.54) is 12.8 Å². The Kier molecular flexibility index (Phi) is 10.1. The van der Waals surface area contributed by atoms with Gasteiger partial charge in [-0.2, -0.15) is 0 Å². The largest absolute Gasteiger partial charge is 0.327 e. The molecule has 3 N–H and O–H groups in total. The molecule has 0 saturated carbocycles. The predicted octanol–water partition coefficient (Wildman–Crippen LogP) is 1.57. The van der Waals surface area contributed by atoms with Crippen LogP contribution in [0.3, 0.4) is 0 Å². The Labute approximate surface area is 87.5 Å². The molecule has 0 amide bonds. The van der Waals surface area contributed by atoms with Crippen molar-refractivity contribution in [1.29, 1.82) is 0 Å². The standard InChI is InChI=1S/C8H18N2.2ClH/c1-2-3-7-6-10-5-4-8(7)9;;/h7-8,10H,2-6,9H2,1H3;2*1H. The fourth-order valence-corrected chi connectivity index (χ4v) is 1.63. The van der Waals surface area contributed by atoms with Gasteiger partial charge >= 0.3 is 0 Å². The minimum atomic E-state index is 0. The smallest absolute Gasteiger partial charge is 0.00913 e. The summed E-state index contributed by atoms with van der Waals surface area (Å²) in [6, 6.07) is 0.459. The lowest BCUT2D eigenvalue weighted by molar-refractivity contribution is 0.307. The first kappa shape index (κ1) is 15.0. The zero-order valence-electron chi connectivity index (χ0n) is 7.58. The summed E-state index contributed by atoms with van der Waals surface area (Å²) in [6.07, 6.45) is 3.71. The predicted molar refractivity (Wildman–Crippen MR) is 58.4 cm³/mol. The van der Waals surface area contributed by atoms with Crippen LogP contribution in [0, 0.1) is 5.92 Å². The van der Waals surface area contributed by atoms with Gasteiger partial charge in [-0.15, -0.1) is 24.8 Å². The summed E-state index contributed by atoms with van der Waals surface area (Å²) in [4.78, 5) is 0. The quantitative estimate of drug-likeness (QED) is 0.733. The van der Waals surface area contributed by atoms with Crippen LogP contribution >= 0.6 is 24.8 Å². The van der Waals surface area contributed by atoms with Crippen LogP contribution in [0.2, 0.25) is 0 Å². The van der Waals surface area contributed by atoms with Crippen molar-refractivity contribution in [1.82, 2.24) is 5.32 Å². The molecule has 1 aliphatic rings. The van der Waals surface area contributed by atoms with E-state index in [0.29, 0.717) is 6.04 Å². The van der Waals surface area contributed by atoms with Crippen molar-refractivity contribution in [3.8, 4) is 0 Å². The molecule has 1 heterocycles. The van der Waals surface area contributed by atoms with Gasteiger partial charge in [-0.05, 0) is 31.8 Å². The minimum absolute atomic E-state index is 0. The molecule has 2 unspecified atom stereocenters. The van der Waals surface area contributed by atoms with Gasteiger partial charge in [-0.1, -0.05) is 13.3 Å². The number of halogens is 2. The molecule has 12 heavy (non-hydrogen) atoms. The van der Waals surface area contributed by atoms with Gasteiger partial charge in [0.1, 0.15) is 0 Å². The normalized spacial score (nSPS) is 28.5. The van der Waals surface area contributed by atoms with Crippen molar-refractivity contribution >= 4 is 24.8 Å². The lowest BCUT2D eigenvalue weighted by atomic mass is 9.90. The fourth-order valence-electron chi connectivity index (χ4n) is 1.63. The van der Waals surface area contributed by atoms with Gasteiger partial charge in [-0.3, -0.25) is 0 Å². The zero-order chi connectivity index (χ0) is 7.40. The van der Waals surface area contributed by atoms with Crippen molar-refractivity contribution in [2.45, 2.75) is 32.2 Å². The van der Waals surface area contributed by atoms with Gasteiger partial charge in [0.25, 0.3) is 0 Å². The lowest BCUT2D eigenvalue weighted by Gasteiger charge is -2.28. The van der Waals surface area contributed by atoms with Crippen LogP contribution in [-0.4, -0.2) is 19.1 Å². The van der Waals surface area contributed by atoms with E-state index in [1.54, 1.807) is 0 Å². The average Bonchev–Trinajstić information content (AvgIpc) is 1.94. The summed E-state index contributed by atoms with van der Waals surface area (Å²) in [7, 11) is 0. The molecule has 0 bridgehead atoms. The minimum Gasteiger partial charge on any atom is -0.327 e. The van der Waals surface area contributed by atoms with Crippen molar-refractivity contribution in [2.75, 3.05) is 13.1 Å². The van der Waals surface area contributed by atoms with Gasteiger partial charge in [0.2, 0.25) is 0 Å². The molecule has 0 aliphatic carbocycles. The van der Waals surface area contributed by atoms with E-state index in [4.69, 9.17) is 5.73 Å². The Morgan fingerprint density at radius 1 is 1.42 bits per heavy atom. The van der Waals surface area contributed by atoms with E-state index in [1.807, 2.05) is 0 Å². The molecule has 2 atom stereocenters. The summed E-state index contributed by atoms with van der Waals surface area (Å²) in [5.74, 6) is 0.735. The molecule has 1 saturated heterocycles. The number of rotatable bonds is 2. The molecule has 0 aromatic rings. The summed E-state index contributed by atoms with van der Waals surface area (Å²) in [5.41, 5.74) is 5.93. The molecule has 76 valence electrons. The van der Waals surface area contributed by atoms with Crippen LogP contribution in [0.25, 0.3) is 0 Å². The van der Waals surface area contributed by atoms with E-state index >= 15 is 0 Å². The Balaban J connectivity index is 0. The van der Waals surface area contributed by atoms with Crippen LogP contribution in [0.5, 0.6) is 0 Å². The van der Waals surface area contributed by atoms with Crippen LogP contribution in [0.15, 0.2) is 0 Å². The molecule has 0 aromatic heterocycles. The van der Waals surface area contributed by atoms with Crippen LogP contribution in [0.4, 0.5) is 0 Å². The maximum absolute atomic E-state index is 5.93. The Hall–Kier alpha value is 0.500. The van der Waals surface area contributed by atoms with Crippen LogP contribution in [0.1, 0.15) is 26.2 Å². The average molecular weight is 215 g/mol. The third kappa shape index (κ3) is 4.51. The summed E-state index contributed by atoms with van der Waals surface area (Å²) >= 11 is 0. The van der Waals surface area contributed by atoms with Crippen LogP contribution < -0.4 is 11.1 Å². The highest BCUT2D eigenvalue weighted by molar-refractivity contribution is 5.85. The van der Waals surface area contributed by atoms with Crippen molar-refractivity contribution in [3.05, 3.63) is 0 Å². The number of nitrogens with two attached hydrogens (primary N) is 1. The first-order chi connectivity index (χ1) is 4.84. The van der Waals surface area contributed by atoms with Gasteiger partial charge < -0.3 is 11.1 Å². The maximum atomic E-state index is 5.93. The van der Waals surface area contributed by atoms with Gasteiger partial charge in [-0.25, -0.2) is 0 Å². The fraction of sp³-hybridized carbons (Fsp3) is 1.00. The second kappa shape index (κ2) is 8.11. The number of nitrogens with one attached hydrogen (secondary N) is 1. The zero-order valence-corrected chi connectivity index (χ0v) is 9.22. The Bertz CT molecular complexity index is 99.1. The van der Waals surface area contributed by atoms with E-state index in [-0.39, 0.29) is 24.8 Å². The Morgan fingerprint density at radius 2 is 2.08 bits per heavy atom. The van der Waals surface area contributed by atoms with E-state index in [0.717, 1.165) is 25.4 Å². The molecule has 0 aromatic carbocycles. The molecular weight excluding hydrogens is 195 g/mol. The second-order valence-electron chi connectivity index (χ2n) is 3.21. The number of piperidine rings is 1.